The average Bonchev–Trinajstić information content (AvgIpc) is 2.41. The Morgan fingerprint density at radius 3 is 2.78 bits per heavy atom. The molecule has 18 heavy (non-hydrogen) atoms. The zero-order valence-electron chi connectivity index (χ0n) is 10.6. The highest BCUT2D eigenvalue weighted by Crippen LogP contribution is 2.21. The van der Waals surface area contributed by atoms with Gasteiger partial charge in [-0.1, -0.05) is 6.07 Å². The molecule has 0 saturated carbocycles. The number of methoxy groups -OCH3 is 1. The van der Waals surface area contributed by atoms with E-state index in [1.807, 2.05) is 18.2 Å². The number of ether oxygens (including phenoxy) is 1. The van der Waals surface area contributed by atoms with Crippen molar-refractivity contribution in [1.29, 1.82) is 5.26 Å². The number of aliphatic hydroxyl groups excluding tert-OH is 1. The van der Waals surface area contributed by atoms with E-state index >= 15 is 0 Å². The van der Waals surface area contributed by atoms with E-state index < -0.39 is 0 Å². The first-order valence-corrected chi connectivity index (χ1v) is 6.20. The predicted molar refractivity (Wildman–Crippen MR) is 68.2 cm³/mol. The van der Waals surface area contributed by atoms with E-state index in [1.54, 1.807) is 7.11 Å². The second-order valence-electron chi connectivity index (χ2n) is 4.65. The van der Waals surface area contributed by atoms with Gasteiger partial charge in [0.15, 0.2) is 0 Å². The summed E-state index contributed by atoms with van der Waals surface area (Å²) in [5.74, 6) is 0.621. The fourth-order valence-corrected chi connectivity index (χ4v) is 2.28. The zero-order valence-corrected chi connectivity index (χ0v) is 10.6. The lowest BCUT2D eigenvalue weighted by Crippen LogP contribution is -2.35. The molecule has 1 aliphatic heterocycles. The summed E-state index contributed by atoms with van der Waals surface area (Å²) < 4.78 is 5.13. The fourth-order valence-electron chi connectivity index (χ4n) is 2.28. The van der Waals surface area contributed by atoms with Crippen LogP contribution in [-0.4, -0.2) is 36.3 Å². The van der Waals surface area contributed by atoms with Crippen LogP contribution in [0.3, 0.4) is 0 Å². The lowest BCUT2D eigenvalue weighted by atomic mass is 10.1. The van der Waals surface area contributed by atoms with Gasteiger partial charge in [-0.25, -0.2) is 0 Å². The van der Waals surface area contributed by atoms with Crippen molar-refractivity contribution in [3.63, 3.8) is 0 Å². The molecule has 1 heterocycles. The van der Waals surface area contributed by atoms with Gasteiger partial charge in [0.05, 0.1) is 18.8 Å². The van der Waals surface area contributed by atoms with Gasteiger partial charge in [-0.3, -0.25) is 4.90 Å². The van der Waals surface area contributed by atoms with E-state index in [-0.39, 0.29) is 6.10 Å². The van der Waals surface area contributed by atoms with Gasteiger partial charge in [0, 0.05) is 19.6 Å². The van der Waals surface area contributed by atoms with E-state index in [4.69, 9.17) is 10.00 Å². The van der Waals surface area contributed by atoms with Crippen molar-refractivity contribution < 1.29 is 9.84 Å². The Morgan fingerprint density at radius 1 is 1.44 bits per heavy atom. The number of hydrogen-bond acceptors (Lipinski definition) is 4. The highest BCUT2D eigenvalue weighted by molar-refractivity contribution is 5.45. The number of benzene rings is 1. The molecule has 0 amide bonds. The molecule has 0 radical (unpaired) electrons. The number of piperidine rings is 1. The fraction of sp³-hybridized carbons (Fsp3) is 0.500. The maximum atomic E-state index is 9.46. The van der Waals surface area contributed by atoms with Crippen molar-refractivity contribution in [2.24, 2.45) is 0 Å². The third-order valence-corrected chi connectivity index (χ3v) is 3.35. The van der Waals surface area contributed by atoms with Crippen molar-refractivity contribution in [2.45, 2.75) is 25.5 Å². The normalized spacial score (nSPS) is 17.4. The van der Waals surface area contributed by atoms with Gasteiger partial charge < -0.3 is 9.84 Å². The first kappa shape index (κ1) is 12.9. The van der Waals surface area contributed by atoms with Crippen molar-refractivity contribution in [2.75, 3.05) is 20.2 Å². The lowest BCUT2D eigenvalue weighted by Gasteiger charge is -2.29. The highest BCUT2D eigenvalue weighted by atomic mass is 16.5. The first-order chi connectivity index (χ1) is 8.72. The third-order valence-electron chi connectivity index (χ3n) is 3.35. The van der Waals surface area contributed by atoms with Gasteiger partial charge >= 0.3 is 0 Å². The van der Waals surface area contributed by atoms with E-state index in [0.29, 0.717) is 11.3 Å². The summed E-state index contributed by atoms with van der Waals surface area (Å²) in [5, 5.41) is 18.5. The maximum Gasteiger partial charge on any atom is 0.136 e. The summed E-state index contributed by atoms with van der Waals surface area (Å²) in [5.41, 5.74) is 1.69. The monoisotopic (exact) mass is 246 g/mol. The second kappa shape index (κ2) is 5.85. The van der Waals surface area contributed by atoms with E-state index in [1.165, 1.54) is 0 Å². The molecule has 1 fully saturated rings. The molecule has 1 saturated heterocycles. The highest BCUT2D eigenvalue weighted by Gasteiger charge is 2.17. The quantitative estimate of drug-likeness (QED) is 0.878. The number of nitrogens with zero attached hydrogens (tertiary/aromatic N) is 2. The Bertz CT molecular complexity index is 446. The van der Waals surface area contributed by atoms with Crippen LogP contribution in [0, 0.1) is 11.3 Å². The van der Waals surface area contributed by atoms with E-state index in [9.17, 15) is 5.11 Å². The van der Waals surface area contributed by atoms with Crippen molar-refractivity contribution in [3.8, 4) is 11.8 Å². The molecule has 0 aromatic heterocycles. The second-order valence-corrected chi connectivity index (χ2v) is 4.65. The molecule has 1 aliphatic rings. The first-order valence-electron chi connectivity index (χ1n) is 6.20. The number of likely N-dealkylation sites (tertiary alicyclic amines) is 1. The van der Waals surface area contributed by atoms with E-state index in [0.717, 1.165) is 38.0 Å². The van der Waals surface area contributed by atoms with Crippen LogP contribution in [0.15, 0.2) is 18.2 Å². The largest absolute Gasteiger partial charge is 0.495 e. The molecular weight excluding hydrogens is 228 g/mol. The molecule has 4 heteroatoms. The van der Waals surface area contributed by atoms with Gasteiger partial charge in [-0.15, -0.1) is 0 Å². The topological polar surface area (TPSA) is 56.5 Å². The van der Waals surface area contributed by atoms with Crippen molar-refractivity contribution in [3.05, 3.63) is 29.3 Å². The standard InChI is InChI=1S/C14H18N2O2/c1-18-14-3-2-11(8-12(14)9-15)10-16-6-4-13(17)5-7-16/h2-3,8,13,17H,4-7,10H2,1H3. The Morgan fingerprint density at radius 2 is 2.17 bits per heavy atom. The molecule has 2 rings (SSSR count). The minimum atomic E-state index is -0.146. The molecule has 1 aromatic rings. The van der Waals surface area contributed by atoms with Gasteiger partial charge in [-0.05, 0) is 30.5 Å². The van der Waals surface area contributed by atoms with Crippen molar-refractivity contribution >= 4 is 0 Å². The van der Waals surface area contributed by atoms with Gasteiger partial charge in [-0.2, -0.15) is 5.26 Å². The smallest absolute Gasteiger partial charge is 0.136 e. The molecular formula is C14H18N2O2. The van der Waals surface area contributed by atoms with Crippen LogP contribution < -0.4 is 4.74 Å². The van der Waals surface area contributed by atoms with Crippen LogP contribution >= 0.6 is 0 Å². The van der Waals surface area contributed by atoms with Gasteiger partial charge in [0.25, 0.3) is 0 Å². The molecule has 1 aromatic carbocycles. The van der Waals surface area contributed by atoms with Crippen LogP contribution in [0.2, 0.25) is 0 Å². The Labute approximate surface area is 107 Å². The molecule has 1 N–H and O–H groups in total. The van der Waals surface area contributed by atoms with Crippen LogP contribution in [0.25, 0.3) is 0 Å². The Balaban J connectivity index is 2.04. The van der Waals surface area contributed by atoms with Gasteiger partial charge in [0.2, 0.25) is 0 Å². The minimum absolute atomic E-state index is 0.146. The Kier molecular flexibility index (Phi) is 4.19. The third kappa shape index (κ3) is 3.00. The van der Waals surface area contributed by atoms with Crippen molar-refractivity contribution in [1.82, 2.24) is 4.90 Å². The summed E-state index contributed by atoms with van der Waals surface area (Å²) in [6, 6.07) is 7.86. The molecule has 0 atom stereocenters. The SMILES string of the molecule is COc1ccc(CN2CCC(O)CC2)cc1C#N. The predicted octanol–water partition coefficient (Wildman–Crippen LogP) is 1.52. The summed E-state index contributed by atoms with van der Waals surface area (Å²) in [6.07, 6.45) is 1.52. The summed E-state index contributed by atoms with van der Waals surface area (Å²) in [6.45, 7) is 2.65. The average molecular weight is 246 g/mol. The number of rotatable bonds is 3. The summed E-state index contributed by atoms with van der Waals surface area (Å²) in [4.78, 5) is 2.30. The summed E-state index contributed by atoms with van der Waals surface area (Å²) >= 11 is 0. The van der Waals surface area contributed by atoms with Crippen LogP contribution in [0.1, 0.15) is 24.0 Å². The maximum absolute atomic E-state index is 9.46. The lowest BCUT2D eigenvalue weighted by molar-refractivity contribution is 0.0792. The molecule has 96 valence electrons. The summed E-state index contributed by atoms with van der Waals surface area (Å²) in [7, 11) is 1.57. The number of nitriles is 1. The number of hydrogen-bond donors (Lipinski definition) is 1. The van der Waals surface area contributed by atoms with Crippen LogP contribution in [0.4, 0.5) is 0 Å². The minimum Gasteiger partial charge on any atom is -0.495 e. The van der Waals surface area contributed by atoms with E-state index in [2.05, 4.69) is 11.0 Å². The molecule has 0 spiro atoms. The Hall–Kier alpha value is -1.57. The molecule has 0 unspecified atom stereocenters. The molecule has 0 bridgehead atoms. The van der Waals surface area contributed by atoms with Crippen LogP contribution in [-0.2, 0) is 6.54 Å². The van der Waals surface area contributed by atoms with Gasteiger partial charge in [0.1, 0.15) is 11.8 Å². The zero-order chi connectivity index (χ0) is 13.0. The number of aliphatic hydroxyl groups is 1. The molecule has 4 nitrogen and oxygen atoms in total. The van der Waals surface area contributed by atoms with Crippen LogP contribution in [0.5, 0.6) is 5.75 Å². The molecule has 0 aliphatic carbocycles.